The minimum Gasteiger partial charge on any atom is -0.338 e. The van der Waals surface area contributed by atoms with Gasteiger partial charge in [0.1, 0.15) is 17.3 Å². The van der Waals surface area contributed by atoms with Crippen molar-refractivity contribution in [1.29, 1.82) is 0 Å². The van der Waals surface area contributed by atoms with E-state index in [4.69, 9.17) is 11.6 Å². The molecule has 1 N–H and O–H groups in total. The van der Waals surface area contributed by atoms with Crippen LogP contribution in [0.3, 0.4) is 0 Å². The second-order valence-corrected chi connectivity index (χ2v) is 8.33. The number of aromatic nitrogens is 3. The van der Waals surface area contributed by atoms with Crippen LogP contribution in [0.2, 0.25) is 5.02 Å². The lowest BCUT2D eigenvalue weighted by Crippen LogP contribution is -2.38. The number of nitrogens with zero attached hydrogens (tertiary/aromatic N) is 4. The molecule has 0 radical (unpaired) electrons. The molecule has 0 aliphatic carbocycles. The third-order valence-electron chi connectivity index (χ3n) is 5.13. The summed E-state index contributed by atoms with van der Waals surface area (Å²) < 4.78 is 15.6. The third-order valence-corrected chi connectivity index (χ3v) is 6.45. The van der Waals surface area contributed by atoms with Crippen molar-refractivity contribution in [3.63, 3.8) is 0 Å². The number of anilines is 1. The van der Waals surface area contributed by atoms with Crippen molar-refractivity contribution in [3.05, 3.63) is 62.9 Å². The molecule has 1 aliphatic heterocycles. The first-order valence-electron chi connectivity index (χ1n) is 9.42. The van der Waals surface area contributed by atoms with Gasteiger partial charge in [-0.05, 0) is 25.0 Å². The Morgan fingerprint density at radius 3 is 2.70 bits per heavy atom. The highest BCUT2D eigenvalue weighted by molar-refractivity contribution is 7.10. The Bertz CT molecular complexity index is 1070. The summed E-state index contributed by atoms with van der Waals surface area (Å²) in [6.45, 7) is 0.953. The molecule has 1 saturated heterocycles. The van der Waals surface area contributed by atoms with Crippen LogP contribution in [0.4, 0.5) is 10.2 Å². The molecule has 1 aromatic carbocycles. The van der Waals surface area contributed by atoms with Gasteiger partial charge < -0.3 is 10.2 Å². The molecule has 0 saturated carbocycles. The molecule has 3 aromatic rings. The van der Waals surface area contributed by atoms with E-state index in [1.54, 1.807) is 34.3 Å². The number of amides is 2. The fourth-order valence-electron chi connectivity index (χ4n) is 3.45. The Labute approximate surface area is 181 Å². The average Bonchev–Trinajstić information content (AvgIpc) is 3.38. The maximum atomic E-state index is 14.1. The first-order chi connectivity index (χ1) is 14.4. The highest BCUT2D eigenvalue weighted by Crippen LogP contribution is 2.32. The zero-order valence-corrected chi connectivity index (χ0v) is 17.7. The quantitative estimate of drug-likeness (QED) is 0.656. The van der Waals surface area contributed by atoms with Crippen LogP contribution >= 0.6 is 22.9 Å². The molecular weight excluding hydrogens is 429 g/mol. The lowest BCUT2D eigenvalue weighted by Gasteiger charge is -2.31. The van der Waals surface area contributed by atoms with Gasteiger partial charge in [0.05, 0.1) is 21.8 Å². The van der Waals surface area contributed by atoms with Crippen molar-refractivity contribution < 1.29 is 14.0 Å². The second kappa shape index (κ2) is 8.53. The van der Waals surface area contributed by atoms with Gasteiger partial charge in [-0.2, -0.15) is 5.10 Å². The van der Waals surface area contributed by atoms with Crippen molar-refractivity contribution >= 4 is 40.6 Å². The topological polar surface area (TPSA) is 80.1 Å². The Morgan fingerprint density at radius 2 is 2.03 bits per heavy atom. The lowest BCUT2D eigenvalue weighted by molar-refractivity contribution is 0.0708. The van der Waals surface area contributed by atoms with Crippen molar-refractivity contribution in [1.82, 2.24) is 19.7 Å². The predicted molar refractivity (Wildman–Crippen MR) is 113 cm³/mol. The number of hydrogen-bond donors (Lipinski definition) is 1. The van der Waals surface area contributed by atoms with Gasteiger partial charge in [0.15, 0.2) is 0 Å². The van der Waals surface area contributed by atoms with Gasteiger partial charge in [0.25, 0.3) is 11.8 Å². The van der Waals surface area contributed by atoms with E-state index in [9.17, 15) is 14.0 Å². The molecule has 0 unspecified atom stereocenters. The standard InChI is InChI=1S/C20H19ClFN5O2S/c1-26-16(5-8-23-26)25-18(28)15-11-30-19(24-15)12-6-9-27(10-7-12)20(29)17-13(21)3-2-4-14(17)22/h2-5,8,11-12H,6-7,9-10H2,1H3,(H,25,28). The molecule has 1 aliphatic rings. The monoisotopic (exact) mass is 447 g/mol. The van der Waals surface area contributed by atoms with E-state index in [-0.39, 0.29) is 22.4 Å². The predicted octanol–water partition coefficient (Wildman–Crippen LogP) is 3.94. The number of rotatable bonds is 4. The van der Waals surface area contributed by atoms with Crippen molar-refractivity contribution in [3.8, 4) is 0 Å². The fraction of sp³-hybridized carbons (Fsp3) is 0.300. The Kier molecular flexibility index (Phi) is 5.83. The number of carbonyl (C=O) groups excluding carboxylic acids is 2. The summed E-state index contributed by atoms with van der Waals surface area (Å²) in [5.41, 5.74) is 0.272. The molecule has 1 fully saturated rings. The zero-order valence-electron chi connectivity index (χ0n) is 16.1. The summed E-state index contributed by atoms with van der Waals surface area (Å²) in [5, 5.41) is 9.51. The van der Waals surface area contributed by atoms with Gasteiger partial charge in [0, 0.05) is 37.5 Å². The number of piperidine rings is 1. The van der Waals surface area contributed by atoms with E-state index in [1.165, 1.54) is 29.5 Å². The molecule has 156 valence electrons. The van der Waals surface area contributed by atoms with Crippen LogP contribution in [-0.4, -0.2) is 44.6 Å². The number of benzene rings is 1. The third kappa shape index (κ3) is 4.08. The van der Waals surface area contributed by atoms with E-state index in [0.717, 1.165) is 5.01 Å². The van der Waals surface area contributed by atoms with Gasteiger partial charge >= 0.3 is 0 Å². The van der Waals surface area contributed by atoms with Crippen LogP contribution in [-0.2, 0) is 7.05 Å². The Hall–Kier alpha value is -2.78. The van der Waals surface area contributed by atoms with E-state index in [0.29, 0.717) is 37.4 Å². The highest BCUT2D eigenvalue weighted by atomic mass is 35.5. The Morgan fingerprint density at radius 1 is 1.27 bits per heavy atom. The number of hydrogen-bond acceptors (Lipinski definition) is 5. The maximum Gasteiger partial charge on any atom is 0.276 e. The van der Waals surface area contributed by atoms with Crippen molar-refractivity contribution in [2.24, 2.45) is 7.05 Å². The van der Waals surface area contributed by atoms with Gasteiger partial charge in [-0.1, -0.05) is 17.7 Å². The molecule has 2 aromatic heterocycles. The van der Waals surface area contributed by atoms with Crippen molar-refractivity contribution in [2.45, 2.75) is 18.8 Å². The Balaban J connectivity index is 1.38. The van der Waals surface area contributed by atoms with Gasteiger partial charge in [-0.3, -0.25) is 14.3 Å². The number of thiazole rings is 1. The van der Waals surface area contributed by atoms with Gasteiger partial charge in [-0.25, -0.2) is 9.37 Å². The lowest BCUT2D eigenvalue weighted by atomic mass is 9.97. The molecule has 4 rings (SSSR count). The molecule has 10 heteroatoms. The van der Waals surface area contributed by atoms with E-state index in [1.807, 2.05) is 0 Å². The molecule has 3 heterocycles. The van der Waals surface area contributed by atoms with Gasteiger partial charge in [0.2, 0.25) is 0 Å². The summed E-state index contributed by atoms with van der Waals surface area (Å²) >= 11 is 7.46. The number of nitrogens with one attached hydrogen (secondary N) is 1. The minimum atomic E-state index is -0.612. The summed E-state index contributed by atoms with van der Waals surface area (Å²) in [5.74, 6) is -0.560. The van der Waals surface area contributed by atoms with E-state index >= 15 is 0 Å². The molecule has 2 amide bonds. The molecular formula is C20H19ClFN5O2S. The van der Waals surface area contributed by atoms with Crippen LogP contribution < -0.4 is 5.32 Å². The molecule has 0 spiro atoms. The van der Waals surface area contributed by atoms with Crippen LogP contribution in [0.25, 0.3) is 0 Å². The first kappa shape index (κ1) is 20.5. The fourth-order valence-corrected chi connectivity index (χ4v) is 4.66. The summed E-state index contributed by atoms with van der Waals surface area (Å²) in [4.78, 5) is 31.2. The van der Waals surface area contributed by atoms with E-state index in [2.05, 4.69) is 15.4 Å². The van der Waals surface area contributed by atoms with Crippen LogP contribution in [0.1, 0.15) is 44.6 Å². The summed E-state index contributed by atoms with van der Waals surface area (Å²) in [6.07, 6.45) is 2.98. The highest BCUT2D eigenvalue weighted by Gasteiger charge is 2.29. The molecule has 0 atom stereocenters. The van der Waals surface area contributed by atoms with Crippen LogP contribution in [0, 0.1) is 5.82 Å². The molecule has 7 nitrogen and oxygen atoms in total. The van der Waals surface area contributed by atoms with Crippen molar-refractivity contribution in [2.75, 3.05) is 18.4 Å². The SMILES string of the molecule is Cn1nccc1NC(=O)c1csc(C2CCN(C(=O)c3c(F)cccc3Cl)CC2)n1. The number of likely N-dealkylation sites (tertiary alicyclic amines) is 1. The first-order valence-corrected chi connectivity index (χ1v) is 10.7. The van der Waals surface area contributed by atoms with E-state index < -0.39 is 11.7 Å². The summed E-state index contributed by atoms with van der Waals surface area (Å²) in [6, 6.07) is 5.93. The van der Waals surface area contributed by atoms with Gasteiger partial charge in [-0.15, -0.1) is 11.3 Å². The number of aryl methyl sites for hydroxylation is 1. The average molecular weight is 448 g/mol. The molecule has 0 bridgehead atoms. The maximum absolute atomic E-state index is 14.1. The summed E-state index contributed by atoms with van der Waals surface area (Å²) in [7, 11) is 1.74. The van der Waals surface area contributed by atoms with Crippen LogP contribution in [0.5, 0.6) is 0 Å². The minimum absolute atomic E-state index is 0.0824. The largest absolute Gasteiger partial charge is 0.338 e. The number of halogens is 2. The zero-order chi connectivity index (χ0) is 21.3. The number of carbonyl (C=O) groups is 2. The smallest absolute Gasteiger partial charge is 0.276 e. The second-order valence-electron chi connectivity index (χ2n) is 7.03. The van der Waals surface area contributed by atoms with Crippen LogP contribution in [0.15, 0.2) is 35.8 Å². The normalized spacial score (nSPS) is 14.7. The molecule has 30 heavy (non-hydrogen) atoms.